The van der Waals surface area contributed by atoms with Crippen LogP contribution in [-0.2, 0) is 6.54 Å². The van der Waals surface area contributed by atoms with E-state index in [0.29, 0.717) is 0 Å². The Hall–Kier alpha value is -1.23. The molecule has 0 fully saturated rings. The number of hydrogen-bond acceptors (Lipinski definition) is 1. The van der Waals surface area contributed by atoms with Gasteiger partial charge in [-0.05, 0) is 13.0 Å². The van der Waals surface area contributed by atoms with E-state index < -0.39 is 0 Å². The molecule has 2 nitrogen and oxygen atoms in total. The van der Waals surface area contributed by atoms with Crippen LogP contribution in [0.2, 0.25) is 0 Å². The fourth-order valence-electron chi connectivity index (χ4n) is 0.728. The summed E-state index contributed by atoms with van der Waals surface area (Å²) >= 11 is 0. The maximum atomic E-state index is 4.04. The molecule has 0 saturated carbocycles. The van der Waals surface area contributed by atoms with Gasteiger partial charge in [-0.25, -0.2) is 0 Å². The largest absolute Gasteiger partial charge is 0.272 e. The van der Waals surface area contributed by atoms with Crippen molar-refractivity contribution < 1.29 is 0 Å². The van der Waals surface area contributed by atoms with E-state index in [1.807, 2.05) is 37.7 Å². The molecule has 1 heterocycles. The summed E-state index contributed by atoms with van der Waals surface area (Å²) in [5, 5.41) is 4.04. The van der Waals surface area contributed by atoms with E-state index in [1.54, 1.807) is 6.20 Å². The van der Waals surface area contributed by atoms with Crippen LogP contribution in [0, 0.1) is 11.8 Å². The normalized spacial score (nSPS) is 7.58. The summed E-state index contributed by atoms with van der Waals surface area (Å²) < 4.78 is 1.88. The van der Waals surface area contributed by atoms with Crippen LogP contribution in [0.4, 0.5) is 0 Å². The Kier molecular flexibility index (Phi) is 7.07. The van der Waals surface area contributed by atoms with E-state index in [2.05, 4.69) is 16.9 Å². The monoisotopic (exact) mass is 164 g/mol. The molecule has 0 radical (unpaired) electrons. The smallest absolute Gasteiger partial charge is 0.0518 e. The third-order valence-corrected chi connectivity index (χ3v) is 1.20. The number of hydrogen-bond donors (Lipinski definition) is 0. The first kappa shape index (κ1) is 10.8. The standard InChI is InChI=1S/C8H10N2.C2H6/c1-2-3-4-7-10-8-5-6-9-10;1-2/h5-6,8H,4,7H2,1H3;1-2H3. The quantitative estimate of drug-likeness (QED) is 0.613. The minimum absolute atomic E-state index is 0.887. The zero-order valence-corrected chi connectivity index (χ0v) is 8.04. The molecule has 1 aromatic heterocycles. The van der Waals surface area contributed by atoms with Crippen molar-refractivity contribution in [1.82, 2.24) is 9.78 Å². The van der Waals surface area contributed by atoms with Crippen LogP contribution >= 0.6 is 0 Å². The second-order valence-electron chi connectivity index (χ2n) is 1.95. The molecule has 0 aliphatic carbocycles. The third-order valence-electron chi connectivity index (χ3n) is 1.20. The Balaban J connectivity index is 0.000000561. The zero-order valence-electron chi connectivity index (χ0n) is 8.04. The van der Waals surface area contributed by atoms with Gasteiger partial charge in [0, 0.05) is 18.8 Å². The van der Waals surface area contributed by atoms with Crippen molar-refractivity contribution in [2.75, 3.05) is 0 Å². The summed E-state index contributed by atoms with van der Waals surface area (Å²) in [7, 11) is 0. The third kappa shape index (κ3) is 4.56. The van der Waals surface area contributed by atoms with Crippen molar-refractivity contribution >= 4 is 0 Å². The van der Waals surface area contributed by atoms with Gasteiger partial charge in [-0.3, -0.25) is 4.68 Å². The van der Waals surface area contributed by atoms with Gasteiger partial charge in [0.25, 0.3) is 0 Å². The molecule has 66 valence electrons. The molecule has 0 bridgehead atoms. The summed E-state index contributed by atoms with van der Waals surface area (Å²) in [6.45, 7) is 6.75. The molecule has 0 amide bonds. The van der Waals surface area contributed by atoms with Crippen molar-refractivity contribution in [3.05, 3.63) is 18.5 Å². The second-order valence-corrected chi connectivity index (χ2v) is 1.95. The predicted molar refractivity (Wildman–Crippen MR) is 51.6 cm³/mol. The van der Waals surface area contributed by atoms with E-state index in [9.17, 15) is 0 Å². The molecule has 0 spiro atoms. The van der Waals surface area contributed by atoms with Crippen LogP contribution in [-0.4, -0.2) is 9.78 Å². The lowest BCUT2D eigenvalue weighted by Crippen LogP contribution is -1.96. The maximum absolute atomic E-state index is 4.04. The molecular formula is C10H16N2. The minimum atomic E-state index is 0.887. The van der Waals surface area contributed by atoms with Crippen molar-refractivity contribution in [3.63, 3.8) is 0 Å². The van der Waals surface area contributed by atoms with Crippen molar-refractivity contribution in [1.29, 1.82) is 0 Å². The lowest BCUT2D eigenvalue weighted by molar-refractivity contribution is 0.630. The Bertz CT molecular complexity index is 226. The molecule has 2 heteroatoms. The molecule has 0 aliphatic heterocycles. The van der Waals surface area contributed by atoms with Gasteiger partial charge in [0.1, 0.15) is 0 Å². The SMILES string of the molecule is CC.CC#CCCn1cccn1. The first-order valence-electron chi connectivity index (χ1n) is 4.30. The topological polar surface area (TPSA) is 17.8 Å². The second kappa shape index (κ2) is 7.87. The van der Waals surface area contributed by atoms with Gasteiger partial charge in [-0.2, -0.15) is 5.10 Å². The highest BCUT2D eigenvalue weighted by Gasteiger charge is 1.84. The number of aromatic nitrogens is 2. The Morgan fingerprint density at radius 1 is 1.42 bits per heavy atom. The summed E-state index contributed by atoms with van der Waals surface area (Å²) in [5.74, 6) is 5.81. The predicted octanol–water partition coefficient (Wildman–Crippen LogP) is 2.32. The summed E-state index contributed by atoms with van der Waals surface area (Å²) in [6.07, 6.45) is 4.61. The molecule has 0 atom stereocenters. The first-order valence-corrected chi connectivity index (χ1v) is 4.30. The van der Waals surface area contributed by atoms with Gasteiger partial charge in [0.15, 0.2) is 0 Å². The summed E-state index contributed by atoms with van der Waals surface area (Å²) in [6, 6.07) is 1.92. The molecule has 0 unspecified atom stereocenters. The van der Waals surface area contributed by atoms with E-state index in [1.165, 1.54) is 0 Å². The van der Waals surface area contributed by atoms with Gasteiger partial charge < -0.3 is 0 Å². The highest BCUT2D eigenvalue weighted by Crippen LogP contribution is 1.86. The molecular weight excluding hydrogens is 148 g/mol. The van der Waals surface area contributed by atoms with Crippen LogP contribution in [0.3, 0.4) is 0 Å². The lowest BCUT2D eigenvalue weighted by atomic mass is 10.4. The van der Waals surface area contributed by atoms with Gasteiger partial charge in [-0.15, -0.1) is 11.8 Å². The van der Waals surface area contributed by atoms with Crippen LogP contribution in [0.15, 0.2) is 18.5 Å². The van der Waals surface area contributed by atoms with Crippen molar-refractivity contribution in [2.45, 2.75) is 33.7 Å². The number of nitrogens with zero attached hydrogens (tertiary/aromatic N) is 2. The molecule has 0 aliphatic rings. The van der Waals surface area contributed by atoms with Crippen LogP contribution < -0.4 is 0 Å². The molecule has 0 saturated heterocycles. The average molecular weight is 164 g/mol. The van der Waals surface area contributed by atoms with Crippen molar-refractivity contribution in [3.8, 4) is 11.8 Å². The van der Waals surface area contributed by atoms with Gasteiger partial charge in [0.05, 0.1) is 6.54 Å². The Morgan fingerprint density at radius 2 is 2.17 bits per heavy atom. The summed E-state index contributed by atoms with van der Waals surface area (Å²) in [4.78, 5) is 0. The van der Waals surface area contributed by atoms with E-state index in [4.69, 9.17) is 0 Å². The van der Waals surface area contributed by atoms with E-state index in [-0.39, 0.29) is 0 Å². The minimum Gasteiger partial charge on any atom is -0.272 e. The highest BCUT2D eigenvalue weighted by atomic mass is 15.3. The molecule has 12 heavy (non-hydrogen) atoms. The Labute approximate surface area is 74.6 Å². The molecule has 0 aromatic carbocycles. The van der Waals surface area contributed by atoms with E-state index >= 15 is 0 Å². The molecule has 1 rings (SSSR count). The van der Waals surface area contributed by atoms with Gasteiger partial charge in [0.2, 0.25) is 0 Å². The van der Waals surface area contributed by atoms with Crippen LogP contribution in [0.1, 0.15) is 27.2 Å². The Morgan fingerprint density at radius 3 is 2.67 bits per heavy atom. The maximum Gasteiger partial charge on any atom is 0.0518 e. The number of rotatable bonds is 2. The van der Waals surface area contributed by atoms with Gasteiger partial charge >= 0.3 is 0 Å². The van der Waals surface area contributed by atoms with E-state index in [0.717, 1.165) is 13.0 Å². The first-order chi connectivity index (χ1) is 5.93. The number of aryl methyl sites for hydroxylation is 1. The summed E-state index contributed by atoms with van der Waals surface area (Å²) in [5.41, 5.74) is 0. The fraction of sp³-hybridized carbons (Fsp3) is 0.500. The van der Waals surface area contributed by atoms with Crippen molar-refractivity contribution in [2.24, 2.45) is 0 Å². The zero-order chi connectivity index (χ0) is 9.23. The fourth-order valence-corrected chi connectivity index (χ4v) is 0.728. The van der Waals surface area contributed by atoms with Gasteiger partial charge in [-0.1, -0.05) is 13.8 Å². The molecule has 0 N–H and O–H groups in total. The molecule has 1 aromatic rings. The highest BCUT2D eigenvalue weighted by molar-refractivity contribution is 4.94. The van der Waals surface area contributed by atoms with Crippen LogP contribution in [0.5, 0.6) is 0 Å². The van der Waals surface area contributed by atoms with Crippen LogP contribution in [0.25, 0.3) is 0 Å². The average Bonchev–Trinajstić information content (AvgIpc) is 2.61. The lowest BCUT2D eigenvalue weighted by Gasteiger charge is -1.93.